The van der Waals surface area contributed by atoms with Crippen LogP contribution in [-0.2, 0) is 12.6 Å². The van der Waals surface area contributed by atoms with Crippen LogP contribution < -0.4 is 0 Å². The zero-order valence-corrected chi connectivity index (χ0v) is 13.3. The molecule has 0 aliphatic rings. The molecule has 0 bridgehead atoms. The monoisotopic (exact) mass is 345 g/mol. The van der Waals surface area contributed by atoms with Gasteiger partial charge in [0.25, 0.3) is 0 Å². The molecule has 128 valence electrons. The smallest absolute Gasteiger partial charge is 0.416 e. The van der Waals surface area contributed by atoms with Gasteiger partial charge in [-0.15, -0.1) is 0 Å². The Morgan fingerprint density at radius 2 is 1.84 bits per heavy atom. The van der Waals surface area contributed by atoms with E-state index in [-0.39, 0.29) is 17.2 Å². The average Bonchev–Trinajstić information content (AvgIpc) is 3.03. The lowest BCUT2D eigenvalue weighted by Crippen LogP contribution is -2.04. The predicted molar refractivity (Wildman–Crippen MR) is 86.2 cm³/mol. The number of halogens is 3. The van der Waals surface area contributed by atoms with Gasteiger partial charge in [-0.2, -0.15) is 13.2 Å². The van der Waals surface area contributed by atoms with Crippen LogP contribution in [0.3, 0.4) is 0 Å². The molecular formula is C19H14F3NO2. The number of hydrogen-bond acceptors (Lipinski definition) is 3. The van der Waals surface area contributed by atoms with Crippen molar-refractivity contribution in [1.29, 1.82) is 0 Å². The van der Waals surface area contributed by atoms with E-state index in [1.807, 2.05) is 12.1 Å². The first kappa shape index (κ1) is 17.0. The zero-order chi connectivity index (χ0) is 18.0. The van der Waals surface area contributed by atoms with Crippen LogP contribution in [-0.4, -0.2) is 10.8 Å². The summed E-state index contributed by atoms with van der Waals surface area (Å²) >= 11 is 0. The van der Waals surface area contributed by atoms with E-state index in [1.165, 1.54) is 25.3 Å². The standard InChI is InChI=1S/C19H14F3NO2/c1-12(24)14-7-5-13(6-8-14)9-17-11-23-18(25-17)15-3-2-4-16(10-15)19(20,21)22/h2-8,10-11H,9H2,1H3. The summed E-state index contributed by atoms with van der Waals surface area (Å²) in [7, 11) is 0. The molecular weight excluding hydrogens is 331 g/mol. The molecule has 3 rings (SSSR count). The minimum atomic E-state index is -4.41. The Hall–Kier alpha value is -2.89. The number of carbonyl (C=O) groups is 1. The number of hydrogen-bond donors (Lipinski definition) is 0. The van der Waals surface area contributed by atoms with Crippen molar-refractivity contribution in [3.8, 4) is 11.5 Å². The van der Waals surface area contributed by atoms with E-state index in [2.05, 4.69) is 4.98 Å². The number of carbonyl (C=O) groups excluding carboxylic acids is 1. The summed E-state index contributed by atoms with van der Waals surface area (Å²) in [5.41, 5.74) is 1.06. The van der Waals surface area contributed by atoms with Gasteiger partial charge in [0.1, 0.15) is 5.76 Å². The van der Waals surface area contributed by atoms with Gasteiger partial charge in [0.15, 0.2) is 5.78 Å². The van der Waals surface area contributed by atoms with Crippen molar-refractivity contribution in [1.82, 2.24) is 4.98 Å². The fourth-order valence-corrected chi connectivity index (χ4v) is 2.41. The lowest BCUT2D eigenvalue weighted by Gasteiger charge is -2.06. The highest BCUT2D eigenvalue weighted by molar-refractivity contribution is 5.94. The number of aromatic nitrogens is 1. The molecule has 2 aromatic carbocycles. The molecule has 0 aliphatic carbocycles. The fourth-order valence-electron chi connectivity index (χ4n) is 2.41. The van der Waals surface area contributed by atoms with E-state index in [1.54, 1.807) is 12.1 Å². The van der Waals surface area contributed by atoms with Crippen molar-refractivity contribution < 1.29 is 22.4 Å². The van der Waals surface area contributed by atoms with Crippen LogP contribution in [0.15, 0.2) is 59.1 Å². The van der Waals surface area contributed by atoms with Crippen molar-refractivity contribution >= 4 is 5.78 Å². The molecule has 0 radical (unpaired) electrons. The number of alkyl halides is 3. The molecule has 0 amide bonds. The number of nitrogens with zero attached hydrogens (tertiary/aromatic N) is 1. The number of ketones is 1. The predicted octanol–water partition coefficient (Wildman–Crippen LogP) is 5.15. The average molecular weight is 345 g/mol. The van der Waals surface area contributed by atoms with Gasteiger partial charge in [-0.25, -0.2) is 4.98 Å². The molecule has 0 saturated heterocycles. The van der Waals surface area contributed by atoms with Crippen LogP contribution in [0.25, 0.3) is 11.5 Å². The van der Waals surface area contributed by atoms with Gasteiger partial charge < -0.3 is 4.42 Å². The molecule has 6 heteroatoms. The third-order valence-corrected chi connectivity index (χ3v) is 3.73. The summed E-state index contributed by atoms with van der Waals surface area (Å²) < 4.78 is 43.9. The summed E-state index contributed by atoms with van der Waals surface area (Å²) in [6.45, 7) is 1.49. The Balaban J connectivity index is 1.80. The molecule has 0 atom stereocenters. The minimum Gasteiger partial charge on any atom is -0.441 e. The quantitative estimate of drug-likeness (QED) is 0.614. The Kier molecular flexibility index (Phi) is 4.44. The second kappa shape index (κ2) is 6.55. The van der Waals surface area contributed by atoms with Gasteiger partial charge >= 0.3 is 6.18 Å². The lowest BCUT2D eigenvalue weighted by molar-refractivity contribution is -0.137. The molecule has 0 spiro atoms. The van der Waals surface area contributed by atoms with Crippen LogP contribution in [0.2, 0.25) is 0 Å². The number of rotatable bonds is 4. The van der Waals surface area contributed by atoms with Crippen molar-refractivity contribution in [3.63, 3.8) is 0 Å². The Bertz CT molecular complexity index is 896. The maximum absolute atomic E-state index is 12.8. The Morgan fingerprint density at radius 3 is 2.48 bits per heavy atom. The van der Waals surface area contributed by atoms with Gasteiger partial charge in [0.05, 0.1) is 11.8 Å². The van der Waals surface area contributed by atoms with Crippen LogP contribution in [0.1, 0.15) is 34.2 Å². The highest BCUT2D eigenvalue weighted by atomic mass is 19.4. The largest absolute Gasteiger partial charge is 0.441 e. The van der Waals surface area contributed by atoms with E-state index < -0.39 is 11.7 Å². The van der Waals surface area contributed by atoms with Gasteiger partial charge in [0.2, 0.25) is 5.89 Å². The van der Waals surface area contributed by atoms with E-state index in [9.17, 15) is 18.0 Å². The first-order valence-electron chi connectivity index (χ1n) is 7.55. The number of oxazole rings is 1. The molecule has 1 aromatic heterocycles. The first-order chi connectivity index (χ1) is 11.8. The van der Waals surface area contributed by atoms with Gasteiger partial charge in [-0.3, -0.25) is 4.79 Å². The number of Topliss-reactive ketones (excluding diaryl/α,β-unsaturated/α-hetero) is 1. The molecule has 25 heavy (non-hydrogen) atoms. The second-order valence-corrected chi connectivity index (χ2v) is 5.64. The summed E-state index contributed by atoms with van der Waals surface area (Å²) in [5.74, 6) is 0.655. The van der Waals surface area contributed by atoms with Crippen LogP contribution in [0, 0.1) is 0 Å². The van der Waals surface area contributed by atoms with Crippen molar-refractivity contribution in [2.75, 3.05) is 0 Å². The highest BCUT2D eigenvalue weighted by Gasteiger charge is 2.30. The molecule has 0 saturated carbocycles. The Morgan fingerprint density at radius 1 is 1.12 bits per heavy atom. The second-order valence-electron chi connectivity index (χ2n) is 5.64. The molecule has 0 aliphatic heterocycles. The van der Waals surface area contributed by atoms with Crippen molar-refractivity contribution in [2.45, 2.75) is 19.5 Å². The van der Waals surface area contributed by atoms with Gasteiger partial charge in [-0.05, 0) is 30.7 Å². The summed E-state index contributed by atoms with van der Waals surface area (Å²) in [4.78, 5) is 15.3. The van der Waals surface area contributed by atoms with E-state index >= 15 is 0 Å². The maximum Gasteiger partial charge on any atom is 0.416 e. The Labute approximate surface area is 142 Å². The van der Waals surface area contributed by atoms with Crippen molar-refractivity contribution in [3.05, 3.63) is 77.2 Å². The summed E-state index contributed by atoms with van der Waals surface area (Å²) in [6, 6.07) is 11.9. The van der Waals surface area contributed by atoms with Crippen molar-refractivity contribution in [2.24, 2.45) is 0 Å². The molecule has 3 nitrogen and oxygen atoms in total. The summed E-state index contributed by atoms with van der Waals surface area (Å²) in [6.07, 6.45) is -2.48. The van der Waals surface area contributed by atoms with E-state index in [0.717, 1.165) is 17.7 Å². The van der Waals surface area contributed by atoms with E-state index in [0.29, 0.717) is 17.7 Å². The summed E-state index contributed by atoms with van der Waals surface area (Å²) in [5, 5.41) is 0. The highest BCUT2D eigenvalue weighted by Crippen LogP contribution is 2.32. The molecule has 0 N–H and O–H groups in total. The SMILES string of the molecule is CC(=O)c1ccc(Cc2cnc(-c3cccc(C(F)(F)F)c3)o2)cc1. The lowest BCUT2D eigenvalue weighted by atomic mass is 10.1. The number of benzene rings is 2. The molecule has 0 unspecified atom stereocenters. The fraction of sp³-hybridized carbons (Fsp3) is 0.158. The third-order valence-electron chi connectivity index (χ3n) is 3.73. The minimum absolute atomic E-state index is 0.0157. The van der Waals surface area contributed by atoms with E-state index in [4.69, 9.17) is 4.42 Å². The van der Waals surface area contributed by atoms with Crippen LogP contribution >= 0.6 is 0 Å². The normalized spacial score (nSPS) is 11.5. The molecule has 0 fully saturated rings. The zero-order valence-electron chi connectivity index (χ0n) is 13.3. The third kappa shape index (κ3) is 3.96. The van der Waals surface area contributed by atoms with Crippen LogP contribution in [0.5, 0.6) is 0 Å². The van der Waals surface area contributed by atoms with Crippen LogP contribution in [0.4, 0.5) is 13.2 Å². The topological polar surface area (TPSA) is 43.1 Å². The first-order valence-corrected chi connectivity index (χ1v) is 7.55. The maximum atomic E-state index is 12.8. The van der Waals surface area contributed by atoms with Gasteiger partial charge in [-0.1, -0.05) is 30.3 Å². The molecule has 1 heterocycles. The molecule has 3 aromatic rings. The van der Waals surface area contributed by atoms with Gasteiger partial charge in [0, 0.05) is 17.5 Å².